The Morgan fingerprint density at radius 2 is 2.00 bits per heavy atom. The van der Waals surface area contributed by atoms with E-state index in [0.717, 1.165) is 16.8 Å². The van der Waals surface area contributed by atoms with Gasteiger partial charge < -0.3 is 29.5 Å². The lowest BCUT2D eigenvalue weighted by Crippen LogP contribution is -2.47. The summed E-state index contributed by atoms with van der Waals surface area (Å²) >= 11 is 0.622. The molecule has 1 aromatic heterocycles. The highest BCUT2D eigenvalue weighted by Crippen LogP contribution is 2.57. The Bertz CT molecular complexity index is 1230. The number of aromatic amines is 1. The zero-order chi connectivity index (χ0) is 28.4. The summed E-state index contributed by atoms with van der Waals surface area (Å²) in [6.45, 7) is 1.21. The lowest BCUT2D eigenvalue weighted by atomic mass is 9.96. The second-order valence-corrected chi connectivity index (χ2v) is 13.5. The van der Waals surface area contributed by atoms with E-state index >= 15 is 0 Å². The number of imide groups is 1. The highest BCUT2D eigenvalue weighted by atomic mass is 32.7. The highest BCUT2D eigenvalue weighted by molar-refractivity contribution is 8.56. The average molecular weight is 580 g/mol. The van der Waals surface area contributed by atoms with E-state index in [2.05, 4.69) is 10.4 Å². The molecule has 18 heteroatoms. The number of H-pyrrole nitrogens is 1. The van der Waals surface area contributed by atoms with Crippen molar-refractivity contribution in [1.29, 1.82) is 0 Å². The molecule has 0 spiro atoms. The molecule has 3 rings (SSSR count). The monoisotopic (exact) mass is 579 g/mol. The van der Waals surface area contributed by atoms with Crippen LogP contribution in [0.5, 0.6) is 0 Å². The van der Waals surface area contributed by atoms with Gasteiger partial charge in [0.2, 0.25) is 0 Å². The van der Waals surface area contributed by atoms with Gasteiger partial charge in [-0.3, -0.25) is 33.8 Å². The fourth-order valence-corrected chi connectivity index (χ4v) is 7.51. The highest BCUT2D eigenvalue weighted by Gasteiger charge is 2.54. The molecule has 3 amide bonds. The third kappa shape index (κ3) is 6.91. The van der Waals surface area contributed by atoms with E-state index in [1.807, 2.05) is 10.3 Å². The normalized spacial score (nSPS) is 29.6. The van der Waals surface area contributed by atoms with Crippen molar-refractivity contribution in [2.45, 2.75) is 69.9 Å². The number of carbonyl (C=O) groups excluding carboxylic acids is 3. The number of nitrogens with zero attached hydrogens (tertiary/aromatic N) is 1. The summed E-state index contributed by atoms with van der Waals surface area (Å²) in [5.74, 6) is -1.57. The maximum Gasteiger partial charge on any atom is 0.330 e. The second-order valence-electron chi connectivity index (χ2n) is 9.16. The van der Waals surface area contributed by atoms with Gasteiger partial charge in [0.25, 0.3) is 11.5 Å². The molecule has 0 aromatic carbocycles. The summed E-state index contributed by atoms with van der Waals surface area (Å²) in [5, 5.41) is 28.5. The standard InChI is InChI=1S/C20H30N5O11PS/c1-9(2)35-16(29)10(3)24-37(33,38-8-11-15(28)23-18(30)21-11)34-7-12-14(27)20(4,32)17(36-12)25-6-5-13(26)22-19(25)31/h5-6,9-12,14,17,27,32H,7-8H2,1-4H3,(H,24,33)(H,22,26,31)(H2,21,23,28,30)/t10-,11+,12+,14+,17+,20+,37?/m0/s1. The molecule has 2 fully saturated rings. The minimum atomic E-state index is -4.05. The van der Waals surface area contributed by atoms with Crippen molar-refractivity contribution in [3.63, 3.8) is 0 Å². The zero-order valence-corrected chi connectivity index (χ0v) is 22.6. The third-order valence-corrected chi connectivity index (χ3v) is 9.71. The van der Waals surface area contributed by atoms with Gasteiger partial charge in [0.15, 0.2) is 6.23 Å². The van der Waals surface area contributed by atoms with Crippen LogP contribution >= 0.6 is 18.1 Å². The number of nitrogens with one attached hydrogen (secondary N) is 4. The molecule has 0 bridgehead atoms. The smallest absolute Gasteiger partial charge is 0.330 e. The first-order chi connectivity index (χ1) is 17.6. The van der Waals surface area contributed by atoms with Crippen LogP contribution in [0.25, 0.3) is 0 Å². The Labute approximate surface area is 220 Å². The van der Waals surface area contributed by atoms with Crippen LogP contribution in [0.3, 0.4) is 0 Å². The fraction of sp³-hybridized carbons (Fsp3) is 0.650. The van der Waals surface area contributed by atoms with E-state index in [9.17, 15) is 38.8 Å². The van der Waals surface area contributed by atoms with Crippen LogP contribution in [0.2, 0.25) is 0 Å². The third-order valence-electron chi connectivity index (χ3n) is 5.59. The molecule has 2 aliphatic rings. The van der Waals surface area contributed by atoms with Gasteiger partial charge in [-0.2, -0.15) is 0 Å². The minimum Gasteiger partial charge on any atom is -0.462 e. The average Bonchev–Trinajstić information content (AvgIpc) is 3.25. The Kier molecular flexibility index (Phi) is 9.24. The first-order valence-electron chi connectivity index (χ1n) is 11.5. The van der Waals surface area contributed by atoms with Gasteiger partial charge in [-0.15, -0.1) is 0 Å². The number of aliphatic hydroxyl groups excluding tert-OH is 1. The molecule has 0 radical (unpaired) electrons. The largest absolute Gasteiger partial charge is 0.462 e. The van der Waals surface area contributed by atoms with Crippen molar-refractivity contribution in [2.75, 3.05) is 12.4 Å². The van der Waals surface area contributed by atoms with Crippen molar-refractivity contribution >= 4 is 36.0 Å². The first-order valence-corrected chi connectivity index (χ1v) is 14.7. The maximum absolute atomic E-state index is 13.7. The van der Waals surface area contributed by atoms with Crippen molar-refractivity contribution in [2.24, 2.45) is 0 Å². The number of amides is 3. The Morgan fingerprint density at radius 1 is 1.32 bits per heavy atom. The van der Waals surface area contributed by atoms with Crippen molar-refractivity contribution in [3.05, 3.63) is 33.1 Å². The topological polar surface area (TPSA) is 227 Å². The molecular weight excluding hydrogens is 549 g/mol. The first kappa shape index (κ1) is 30.0. The molecule has 2 aliphatic heterocycles. The van der Waals surface area contributed by atoms with Crippen LogP contribution in [0, 0.1) is 0 Å². The number of urea groups is 1. The summed E-state index contributed by atoms with van der Waals surface area (Å²) in [4.78, 5) is 61.2. The molecule has 2 saturated heterocycles. The van der Waals surface area contributed by atoms with E-state index in [0.29, 0.717) is 11.4 Å². The molecule has 1 aromatic rings. The lowest BCUT2D eigenvalue weighted by molar-refractivity contribution is -0.149. The Hall–Kier alpha value is -2.53. The number of carbonyl (C=O) groups is 3. The Morgan fingerprint density at radius 3 is 2.58 bits per heavy atom. The molecule has 6 N–H and O–H groups in total. The number of aromatic nitrogens is 2. The number of hydrogen-bond acceptors (Lipinski definition) is 12. The minimum absolute atomic E-state index is 0.199. The van der Waals surface area contributed by atoms with Gasteiger partial charge in [0.05, 0.1) is 12.7 Å². The number of aliphatic hydroxyl groups is 2. The van der Waals surface area contributed by atoms with E-state index < -0.39 is 84.7 Å². The van der Waals surface area contributed by atoms with Crippen LogP contribution in [0.1, 0.15) is 33.9 Å². The van der Waals surface area contributed by atoms with Crippen LogP contribution in [0.4, 0.5) is 4.79 Å². The van der Waals surface area contributed by atoms with Crippen molar-refractivity contribution in [1.82, 2.24) is 25.3 Å². The number of rotatable bonds is 11. The van der Waals surface area contributed by atoms with Crippen LogP contribution in [-0.4, -0.2) is 86.0 Å². The van der Waals surface area contributed by atoms with Gasteiger partial charge in [-0.05, 0) is 27.7 Å². The summed E-state index contributed by atoms with van der Waals surface area (Å²) in [6, 6.07) is -1.82. The Balaban J connectivity index is 1.76. The van der Waals surface area contributed by atoms with Gasteiger partial charge in [-0.1, -0.05) is 11.4 Å². The van der Waals surface area contributed by atoms with Gasteiger partial charge in [0, 0.05) is 18.0 Å². The van der Waals surface area contributed by atoms with Crippen LogP contribution < -0.4 is 27.0 Å². The van der Waals surface area contributed by atoms with Gasteiger partial charge in [0.1, 0.15) is 29.9 Å². The summed E-state index contributed by atoms with van der Waals surface area (Å²) in [5.41, 5.74) is -3.60. The fourth-order valence-electron chi connectivity index (χ4n) is 3.65. The molecular formula is C20H30N5O11PS. The quantitative estimate of drug-likeness (QED) is 0.100. The van der Waals surface area contributed by atoms with Crippen molar-refractivity contribution in [3.8, 4) is 0 Å². The van der Waals surface area contributed by atoms with Gasteiger partial charge in [-0.25, -0.2) is 14.7 Å². The molecule has 7 atom stereocenters. The zero-order valence-electron chi connectivity index (χ0n) is 20.9. The molecule has 38 heavy (non-hydrogen) atoms. The van der Waals surface area contributed by atoms with Crippen molar-refractivity contribution < 1.29 is 43.2 Å². The summed E-state index contributed by atoms with van der Waals surface area (Å²) in [7, 11) is 0. The SMILES string of the molecule is CC(C)OC(=O)[C@H](C)NP(=O)(OC[C@H]1O[C@@H](n2ccc(=O)[nH]c2=O)[C@](C)(O)[C@@H]1O)SC[C@H]1NC(=O)NC1=O. The van der Waals surface area contributed by atoms with E-state index in [4.69, 9.17) is 14.0 Å². The molecule has 0 saturated carbocycles. The van der Waals surface area contributed by atoms with E-state index in [-0.39, 0.29) is 5.75 Å². The lowest BCUT2D eigenvalue weighted by Gasteiger charge is -2.27. The number of ether oxygens (including phenoxy) is 2. The number of hydrogen-bond donors (Lipinski definition) is 6. The van der Waals surface area contributed by atoms with E-state index in [1.54, 1.807) is 13.8 Å². The molecule has 1 unspecified atom stereocenters. The molecule has 16 nitrogen and oxygen atoms in total. The number of esters is 1. The van der Waals surface area contributed by atoms with Gasteiger partial charge >= 0.3 is 24.4 Å². The molecule has 212 valence electrons. The van der Waals surface area contributed by atoms with E-state index in [1.165, 1.54) is 13.8 Å². The van der Waals surface area contributed by atoms with Crippen LogP contribution in [0.15, 0.2) is 21.9 Å². The maximum atomic E-state index is 13.7. The summed E-state index contributed by atoms with van der Waals surface area (Å²) in [6.07, 6.45) is -3.74. The molecule has 3 heterocycles. The second kappa shape index (κ2) is 11.7. The summed E-state index contributed by atoms with van der Waals surface area (Å²) < 4.78 is 30.9. The molecule has 0 aliphatic carbocycles. The predicted molar refractivity (Wildman–Crippen MR) is 132 cm³/mol. The van der Waals surface area contributed by atoms with Crippen LogP contribution in [-0.2, 0) is 28.2 Å². The predicted octanol–water partition coefficient (Wildman–Crippen LogP) is -1.46.